The summed E-state index contributed by atoms with van der Waals surface area (Å²) in [6.07, 6.45) is 2.30. The van der Waals surface area contributed by atoms with Gasteiger partial charge in [-0.1, -0.05) is 12.1 Å². The van der Waals surface area contributed by atoms with Gasteiger partial charge >= 0.3 is 0 Å². The molecule has 2 aromatic rings. The minimum absolute atomic E-state index is 0.0340. The lowest BCUT2D eigenvalue weighted by Gasteiger charge is -2.06. The molecule has 0 amide bonds. The maximum atomic E-state index is 12.3. The van der Waals surface area contributed by atoms with Gasteiger partial charge < -0.3 is 4.57 Å². The van der Waals surface area contributed by atoms with Crippen molar-refractivity contribution in [3.05, 3.63) is 41.9 Å². The van der Waals surface area contributed by atoms with Crippen LogP contribution in [0.25, 0.3) is 0 Å². The van der Waals surface area contributed by atoms with Crippen LogP contribution in [0.1, 0.15) is 18.3 Å². The van der Waals surface area contributed by atoms with E-state index in [1.54, 1.807) is 29.8 Å². The van der Waals surface area contributed by atoms with Gasteiger partial charge in [0.05, 0.1) is 0 Å². The lowest BCUT2D eigenvalue weighted by Crippen LogP contribution is -2.13. The molecule has 21 heavy (non-hydrogen) atoms. The summed E-state index contributed by atoms with van der Waals surface area (Å²) in [4.78, 5) is 4.09. The SMILES string of the molecule is CCn1cc(S(=O)(=O)Nc2ccc(CCCl)cc2)nc1C. The summed E-state index contributed by atoms with van der Waals surface area (Å²) in [5.74, 6) is 1.22. The molecule has 0 saturated heterocycles. The first-order chi connectivity index (χ1) is 9.96. The third-order valence-electron chi connectivity index (χ3n) is 3.16. The highest BCUT2D eigenvalue weighted by molar-refractivity contribution is 7.92. The molecule has 1 aromatic heterocycles. The number of hydrogen-bond acceptors (Lipinski definition) is 3. The molecule has 0 fully saturated rings. The largest absolute Gasteiger partial charge is 0.334 e. The summed E-state index contributed by atoms with van der Waals surface area (Å²) in [7, 11) is -3.66. The summed E-state index contributed by atoms with van der Waals surface area (Å²) < 4.78 is 28.9. The van der Waals surface area contributed by atoms with Crippen LogP contribution in [-0.2, 0) is 23.0 Å². The van der Waals surface area contributed by atoms with Gasteiger partial charge in [0.25, 0.3) is 10.0 Å². The van der Waals surface area contributed by atoms with Gasteiger partial charge in [0.2, 0.25) is 0 Å². The van der Waals surface area contributed by atoms with Gasteiger partial charge in [-0.15, -0.1) is 11.6 Å². The van der Waals surface area contributed by atoms with Gasteiger partial charge in [-0.25, -0.2) is 4.98 Å². The van der Waals surface area contributed by atoms with Gasteiger partial charge in [0, 0.05) is 24.3 Å². The molecule has 1 aromatic carbocycles. The molecule has 1 heterocycles. The van der Waals surface area contributed by atoms with Gasteiger partial charge in [0.15, 0.2) is 5.03 Å². The molecule has 0 atom stereocenters. The first kappa shape index (κ1) is 15.9. The summed E-state index contributed by atoms with van der Waals surface area (Å²) in [5.41, 5.74) is 1.58. The molecule has 7 heteroatoms. The summed E-state index contributed by atoms with van der Waals surface area (Å²) in [6, 6.07) is 7.17. The molecular formula is C14H18ClN3O2S. The van der Waals surface area contributed by atoms with Crippen LogP contribution in [0, 0.1) is 6.92 Å². The third kappa shape index (κ3) is 3.77. The van der Waals surface area contributed by atoms with Gasteiger partial charge in [0.1, 0.15) is 5.82 Å². The minimum Gasteiger partial charge on any atom is -0.334 e. The van der Waals surface area contributed by atoms with E-state index in [1.165, 1.54) is 0 Å². The van der Waals surface area contributed by atoms with E-state index >= 15 is 0 Å². The van der Waals surface area contributed by atoms with Crippen molar-refractivity contribution in [3.8, 4) is 0 Å². The smallest absolute Gasteiger partial charge is 0.280 e. The molecule has 1 N–H and O–H groups in total. The van der Waals surface area contributed by atoms with Crippen molar-refractivity contribution in [1.82, 2.24) is 9.55 Å². The molecule has 0 aliphatic carbocycles. The molecule has 0 bridgehead atoms. The first-order valence-corrected chi connectivity index (χ1v) is 8.69. The zero-order valence-electron chi connectivity index (χ0n) is 12.0. The highest BCUT2D eigenvalue weighted by atomic mass is 35.5. The van der Waals surface area contributed by atoms with Crippen molar-refractivity contribution < 1.29 is 8.42 Å². The zero-order chi connectivity index (χ0) is 15.5. The van der Waals surface area contributed by atoms with Crippen LogP contribution in [-0.4, -0.2) is 23.8 Å². The van der Waals surface area contributed by atoms with E-state index in [0.29, 0.717) is 23.9 Å². The Hall–Kier alpha value is -1.53. The number of imidazole rings is 1. The summed E-state index contributed by atoms with van der Waals surface area (Å²) in [6.45, 7) is 4.40. The van der Waals surface area contributed by atoms with Crippen molar-refractivity contribution in [2.24, 2.45) is 0 Å². The quantitative estimate of drug-likeness (QED) is 0.830. The zero-order valence-corrected chi connectivity index (χ0v) is 13.6. The Labute approximate surface area is 130 Å². The average molecular weight is 328 g/mol. The normalized spacial score (nSPS) is 11.6. The van der Waals surface area contributed by atoms with Crippen LogP contribution in [0.2, 0.25) is 0 Å². The van der Waals surface area contributed by atoms with Crippen LogP contribution in [0.15, 0.2) is 35.5 Å². The fraction of sp³-hybridized carbons (Fsp3) is 0.357. The van der Waals surface area contributed by atoms with E-state index in [1.807, 2.05) is 19.1 Å². The predicted octanol–water partition coefficient (Wildman–Crippen LogP) is 2.79. The second-order valence-electron chi connectivity index (χ2n) is 4.65. The van der Waals surface area contributed by atoms with Crippen LogP contribution >= 0.6 is 11.6 Å². The lowest BCUT2D eigenvalue weighted by molar-refractivity contribution is 0.598. The monoisotopic (exact) mass is 327 g/mol. The topological polar surface area (TPSA) is 64.0 Å². The number of aromatic nitrogens is 2. The molecule has 0 unspecified atom stereocenters. The molecule has 5 nitrogen and oxygen atoms in total. The number of rotatable bonds is 6. The van der Waals surface area contributed by atoms with Gasteiger partial charge in [-0.2, -0.15) is 8.42 Å². The van der Waals surface area contributed by atoms with Crippen molar-refractivity contribution >= 4 is 27.3 Å². The molecule has 0 spiro atoms. The fourth-order valence-electron chi connectivity index (χ4n) is 1.98. The van der Waals surface area contributed by atoms with E-state index in [4.69, 9.17) is 11.6 Å². The second kappa shape index (κ2) is 6.49. The Morgan fingerprint density at radius 1 is 1.29 bits per heavy atom. The first-order valence-electron chi connectivity index (χ1n) is 6.67. The number of benzene rings is 1. The number of hydrogen-bond donors (Lipinski definition) is 1. The standard InChI is InChI=1S/C14H18ClN3O2S/c1-3-18-10-14(16-11(18)2)21(19,20)17-13-6-4-12(5-7-13)8-9-15/h4-7,10,17H,3,8-9H2,1-2H3. The van der Waals surface area contributed by atoms with Crippen molar-refractivity contribution in [1.29, 1.82) is 0 Å². The lowest BCUT2D eigenvalue weighted by atomic mass is 10.2. The van der Waals surface area contributed by atoms with Crippen LogP contribution in [0.4, 0.5) is 5.69 Å². The van der Waals surface area contributed by atoms with E-state index in [2.05, 4.69) is 9.71 Å². The van der Waals surface area contributed by atoms with Crippen molar-refractivity contribution in [2.75, 3.05) is 10.6 Å². The fourth-order valence-corrected chi connectivity index (χ4v) is 3.27. The highest BCUT2D eigenvalue weighted by Gasteiger charge is 2.18. The number of aryl methyl sites for hydroxylation is 3. The summed E-state index contributed by atoms with van der Waals surface area (Å²) >= 11 is 5.67. The van der Waals surface area contributed by atoms with Gasteiger partial charge in [-0.3, -0.25) is 4.72 Å². The molecule has 0 radical (unpaired) electrons. The molecule has 0 saturated carbocycles. The number of halogens is 1. The highest BCUT2D eigenvalue weighted by Crippen LogP contribution is 2.17. The Balaban J connectivity index is 2.20. The van der Waals surface area contributed by atoms with Crippen molar-refractivity contribution in [3.63, 3.8) is 0 Å². The number of alkyl halides is 1. The van der Waals surface area contributed by atoms with Crippen LogP contribution < -0.4 is 4.72 Å². The Kier molecular flexibility index (Phi) is 4.90. The number of nitrogens with one attached hydrogen (secondary N) is 1. The van der Waals surface area contributed by atoms with E-state index in [9.17, 15) is 8.42 Å². The predicted molar refractivity (Wildman–Crippen MR) is 84.3 cm³/mol. The molecule has 2 rings (SSSR count). The van der Waals surface area contributed by atoms with Gasteiger partial charge in [-0.05, 0) is 38.0 Å². The van der Waals surface area contributed by atoms with Crippen molar-refractivity contribution in [2.45, 2.75) is 31.8 Å². The Morgan fingerprint density at radius 3 is 2.48 bits per heavy atom. The van der Waals surface area contributed by atoms with E-state index in [-0.39, 0.29) is 5.03 Å². The minimum atomic E-state index is -3.66. The maximum absolute atomic E-state index is 12.3. The Bertz CT molecular complexity index is 708. The molecule has 0 aliphatic heterocycles. The average Bonchev–Trinajstić information content (AvgIpc) is 2.83. The Morgan fingerprint density at radius 2 is 1.95 bits per heavy atom. The van der Waals surface area contributed by atoms with E-state index < -0.39 is 10.0 Å². The number of nitrogens with zero attached hydrogens (tertiary/aromatic N) is 2. The van der Waals surface area contributed by atoms with E-state index in [0.717, 1.165) is 12.0 Å². The molecular weight excluding hydrogens is 310 g/mol. The summed E-state index contributed by atoms with van der Waals surface area (Å²) in [5, 5.41) is 0.0340. The molecule has 114 valence electrons. The number of anilines is 1. The second-order valence-corrected chi connectivity index (χ2v) is 6.66. The van der Waals surface area contributed by atoms with Crippen LogP contribution in [0.3, 0.4) is 0 Å². The van der Waals surface area contributed by atoms with Crippen LogP contribution in [0.5, 0.6) is 0 Å². The third-order valence-corrected chi connectivity index (χ3v) is 4.60. The maximum Gasteiger partial charge on any atom is 0.280 e. The number of sulfonamides is 1. The molecule has 0 aliphatic rings.